The molecule has 120 valence electrons. The molecule has 0 heterocycles. The Balaban J connectivity index is 2.46. The van der Waals surface area contributed by atoms with Crippen LogP contribution in [0.3, 0.4) is 0 Å². The molecule has 0 spiro atoms. The third kappa shape index (κ3) is 8.20. The second kappa shape index (κ2) is 9.93. The van der Waals surface area contributed by atoms with Crippen LogP contribution in [-0.2, 0) is 13.0 Å². The highest BCUT2D eigenvalue weighted by Crippen LogP contribution is 2.12. The van der Waals surface area contributed by atoms with E-state index in [1.54, 1.807) is 0 Å². The molecule has 0 aliphatic rings. The Bertz CT molecular complexity index is 388. The quantitative estimate of drug-likeness (QED) is 0.715. The van der Waals surface area contributed by atoms with Crippen LogP contribution in [0.25, 0.3) is 0 Å². The van der Waals surface area contributed by atoms with Gasteiger partial charge in [0.25, 0.3) is 0 Å². The van der Waals surface area contributed by atoms with Crippen molar-refractivity contribution in [2.45, 2.75) is 39.3 Å². The van der Waals surface area contributed by atoms with Gasteiger partial charge in [-0.25, -0.2) is 0 Å². The third-order valence-corrected chi connectivity index (χ3v) is 3.65. The van der Waals surface area contributed by atoms with E-state index in [-0.39, 0.29) is 0 Å². The van der Waals surface area contributed by atoms with Crippen molar-refractivity contribution in [2.24, 2.45) is 0 Å². The van der Waals surface area contributed by atoms with E-state index in [0.717, 1.165) is 32.6 Å². The molecule has 3 nitrogen and oxygen atoms in total. The van der Waals surface area contributed by atoms with E-state index in [0.29, 0.717) is 6.04 Å². The van der Waals surface area contributed by atoms with Crippen LogP contribution in [0.4, 0.5) is 0 Å². The van der Waals surface area contributed by atoms with Crippen molar-refractivity contribution >= 4 is 0 Å². The molecule has 1 aromatic rings. The van der Waals surface area contributed by atoms with Crippen molar-refractivity contribution in [1.29, 1.82) is 0 Å². The predicted octanol–water partition coefficient (Wildman–Crippen LogP) is 2.61. The normalized spacial score (nSPS) is 11.8. The van der Waals surface area contributed by atoms with Crippen molar-refractivity contribution < 1.29 is 0 Å². The summed E-state index contributed by atoms with van der Waals surface area (Å²) in [7, 11) is 6.49. The highest BCUT2D eigenvalue weighted by Gasteiger charge is 2.06. The average Bonchev–Trinajstić information content (AvgIpc) is 2.40. The molecular weight excluding hydrogens is 258 g/mol. The second-order valence-corrected chi connectivity index (χ2v) is 6.52. The number of rotatable bonds is 10. The Labute approximate surface area is 131 Å². The maximum Gasteiger partial charge on any atom is 0.0233 e. The van der Waals surface area contributed by atoms with E-state index in [2.05, 4.69) is 74.4 Å². The molecule has 0 bridgehead atoms. The van der Waals surface area contributed by atoms with Crippen LogP contribution in [0.15, 0.2) is 24.3 Å². The molecule has 1 N–H and O–H groups in total. The van der Waals surface area contributed by atoms with Gasteiger partial charge in [-0.1, -0.05) is 38.1 Å². The fraction of sp³-hybridized carbons (Fsp3) is 0.667. The van der Waals surface area contributed by atoms with E-state index in [1.165, 1.54) is 17.5 Å². The standard InChI is InChI=1S/C18H33N3/c1-16(2)19-12-11-17-9-6-7-10-18(17)15-21(5)14-8-13-20(3)4/h6-7,9-10,16,19H,8,11-15H2,1-5H3. The van der Waals surface area contributed by atoms with Gasteiger partial charge < -0.3 is 15.1 Å². The predicted molar refractivity (Wildman–Crippen MR) is 92.8 cm³/mol. The van der Waals surface area contributed by atoms with Gasteiger partial charge in [-0.2, -0.15) is 0 Å². The summed E-state index contributed by atoms with van der Waals surface area (Å²) in [5, 5.41) is 3.50. The molecule has 0 unspecified atom stereocenters. The lowest BCUT2D eigenvalue weighted by atomic mass is 10.0. The maximum atomic E-state index is 3.50. The van der Waals surface area contributed by atoms with Crippen LogP contribution in [0, 0.1) is 0 Å². The fourth-order valence-corrected chi connectivity index (χ4v) is 2.48. The third-order valence-electron chi connectivity index (χ3n) is 3.65. The minimum Gasteiger partial charge on any atom is -0.314 e. The Hall–Kier alpha value is -0.900. The first kappa shape index (κ1) is 18.1. The van der Waals surface area contributed by atoms with E-state index in [9.17, 15) is 0 Å². The van der Waals surface area contributed by atoms with Gasteiger partial charge in [0, 0.05) is 12.6 Å². The average molecular weight is 291 g/mol. The first-order valence-corrected chi connectivity index (χ1v) is 8.12. The molecule has 0 fully saturated rings. The molecule has 0 saturated carbocycles. The molecule has 1 rings (SSSR count). The lowest BCUT2D eigenvalue weighted by Gasteiger charge is -2.20. The van der Waals surface area contributed by atoms with Gasteiger partial charge in [-0.3, -0.25) is 0 Å². The molecule has 0 aromatic heterocycles. The lowest BCUT2D eigenvalue weighted by molar-refractivity contribution is 0.294. The smallest absolute Gasteiger partial charge is 0.0233 e. The fourth-order valence-electron chi connectivity index (χ4n) is 2.48. The van der Waals surface area contributed by atoms with Gasteiger partial charge in [-0.15, -0.1) is 0 Å². The van der Waals surface area contributed by atoms with E-state index >= 15 is 0 Å². The van der Waals surface area contributed by atoms with Gasteiger partial charge in [0.15, 0.2) is 0 Å². The minimum absolute atomic E-state index is 0.561. The Morgan fingerprint density at radius 1 is 1.00 bits per heavy atom. The summed E-state index contributed by atoms with van der Waals surface area (Å²) >= 11 is 0. The Morgan fingerprint density at radius 2 is 1.67 bits per heavy atom. The first-order chi connectivity index (χ1) is 9.99. The first-order valence-electron chi connectivity index (χ1n) is 8.12. The summed E-state index contributed by atoms with van der Waals surface area (Å²) in [5.41, 5.74) is 2.94. The molecular formula is C18H33N3. The van der Waals surface area contributed by atoms with Crippen LogP contribution in [0.5, 0.6) is 0 Å². The molecule has 0 aliphatic heterocycles. The van der Waals surface area contributed by atoms with E-state index < -0.39 is 0 Å². The SMILES string of the molecule is CC(C)NCCc1ccccc1CN(C)CCCN(C)C. The molecule has 0 radical (unpaired) electrons. The molecule has 0 saturated heterocycles. The zero-order valence-electron chi connectivity index (χ0n) is 14.5. The summed E-state index contributed by atoms with van der Waals surface area (Å²) in [6.07, 6.45) is 2.33. The topological polar surface area (TPSA) is 18.5 Å². The summed E-state index contributed by atoms with van der Waals surface area (Å²) in [6, 6.07) is 9.41. The number of hydrogen-bond acceptors (Lipinski definition) is 3. The zero-order chi connectivity index (χ0) is 15.7. The summed E-state index contributed by atoms with van der Waals surface area (Å²) < 4.78 is 0. The highest BCUT2D eigenvalue weighted by atomic mass is 15.1. The van der Waals surface area contributed by atoms with Gasteiger partial charge in [0.1, 0.15) is 0 Å². The lowest BCUT2D eigenvalue weighted by Crippen LogP contribution is -2.26. The number of hydrogen-bond donors (Lipinski definition) is 1. The molecule has 21 heavy (non-hydrogen) atoms. The van der Waals surface area contributed by atoms with Gasteiger partial charge in [0.05, 0.1) is 0 Å². The molecule has 1 aromatic carbocycles. The second-order valence-electron chi connectivity index (χ2n) is 6.52. The van der Waals surface area contributed by atoms with Gasteiger partial charge in [-0.05, 0) is 64.7 Å². The molecule has 0 aliphatic carbocycles. The van der Waals surface area contributed by atoms with E-state index in [4.69, 9.17) is 0 Å². The van der Waals surface area contributed by atoms with Crippen LogP contribution in [0.2, 0.25) is 0 Å². The van der Waals surface area contributed by atoms with Gasteiger partial charge in [0.2, 0.25) is 0 Å². The molecule has 3 heteroatoms. The molecule has 0 atom stereocenters. The summed E-state index contributed by atoms with van der Waals surface area (Å²) in [5.74, 6) is 0. The van der Waals surface area contributed by atoms with Crippen molar-refractivity contribution in [2.75, 3.05) is 40.8 Å². The largest absolute Gasteiger partial charge is 0.314 e. The van der Waals surface area contributed by atoms with Crippen molar-refractivity contribution in [3.8, 4) is 0 Å². The molecule has 0 amide bonds. The zero-order valence-corrected chi connectivity index (χ0v) is 14.5. The maximum absolute atomic E-state index is 3.50. The summed E-state index contributed by atoms with van der Waals surface area (Å²) in [6.45, 7) is 8.81. The number of benzene rings is 1. The van der Waals surface area contributed by atoms with Crippen molar-refractivity contribution in [3.05, 3.63) is 35.4 Å². The summed E-state index contributed by atoms with van der Waals surface area (Å²) in [4.78, 5) is 4.68. The number of nitrogens with zero attached hydrogens (tertiary/aromatic N) is 2. The van der Waals surface area contributed by atoms with Crippen LogP contribution in [-0.4, -0.2) is 56.6 Å². The minimum atomic E-state index is 0.561. The van der Waals surface area contributed by atoms with Crippen LogP contribution >= 0.6 is 0 Å². The van der Waals surface area contributed by atoms with Gasteiger partial charge >= 0.3 is 0 Å². The Kier molecular flexibility index (Phi) is 8.58. The monoisotopic (exact) mass is 291 g/mol. The van der Waals surface area contributed by atoms with Crippen LogP contribution in [0.1, 0.15) is 31.4 Å². The number of nitrogens with one attached hydrogen (secondary N) is 1. The Morgan fingerprint density at radius 3 is 2.29 bits per heavy atom. The highest BCUT2D eigenvalue weighted by molar-refractivity contribution is 5.27. The van der Waals surface area contributed by atoms with Crippen molar-refractivity contribution in [1.82, 2.24) is 15.1 Å². The van der Waals surface area contributed by atoms with Crippen molar-refractivity contribution in [3.63, 3.8) is 0 Å². The van der Waals surface area contributed by atoms with E-state index in [1.807, 2.05) is 0 Å². The van der Waals surface area contributed by atoms with Crippen LogP contribution < -0.4 is 5.32 Å².